The topological polar surface area (TPSA) is 35.2 Å². The summed E-state index contributed by atoms with van der Waals surface area (Å²) < 4.78 is 5.71. The lowest BCUT2D eigenvalue weighted by Gasteiger charge is -2.22. The normalized spacial score (nSPS) is 26.4. The van der Waals surface area contributed by atoms with E-state index in [-0.39, 0.29) is 0 Å². The van der Waals surface area contributed by atoms with Gasteiger partial charge in [0, 0.05) is 12.6 Å². The Kier molecular flexibility index (Phi) is 3.82. The SMILES string of the molecule is NC(COCC1CCCCC1)C1CC1. The number of hydrogen-bond donors (Lipinski definition) is 1. The summed E-state index contributed by atoms with van der Waals surface area (Å²) in [7, 11) is 0. The molecule has 2 fully saturated rings. The monoisotopic (exact) mass is 197 g/mol. The van der Waals surface area contributed by atoms with Crippen LogP contribution in [0.2, 0.25) is 0 Å². The van der Waals surface area contributed by atoms with Crippen molar-refractivity contribution in [3.05, 3.63) is 0 Å². The molecule has 1 atom stereocenters. The molecule has 0 amide bonds. The minimum atomic E-state index is 0.318. The van der Waals surface area contributed by atoms with Crippen molar-refractivity contribution < 1.29 is 4.74 Å². The Labute approximate surface area is 87.2 Å². The molecule has 0 saturated heterocycles. The van der Waals surface area contributed by atoms with Gasteiger partial charge >= 0.3 is 0 Å². The molecule has 1 unspecified atom stereocenters. The molecule has 2 heteroatoms. The molecule has 2 N–H and O–H groups in total. The van der Waals surface area contributed by atoms with Crippen molar-refractivity contribution in [2.24, 2.45) is 17.6 Å². The number of hydrogen-bond acceptors (Lipinski definition) is 2. The lowest BCUT2D eigenvalue weighted by molar-refractivity contribution is 0.0726. The summed E-state index contributed by atoms with van der Waals surface area (Å²) in [4.78, 5) is 0. The van der Waals surface area contributed by atoms with Crippen molar-refractivity contribution in [3.8, 4) is 0 Å². The van der Waals surface area contributed by atoms with Crippen LogP contribution in [0.4, 0.5) is 0 Å². The van der Waals surface area contributed by atoms with Gasteiger partial charge in [0.05, 0.1) is 6.61 Å². The lowest BCUT2D eigenvalue weighted by atomic mass is 9.90. The Morgan fingerprint density at radius 3 is 2.43 bits per heavy atom. The number of rotatable bonds is 5. The van der Waals surface area contributed by atoms with Crippen molar-refractivity contribution in [2.45, 2.75) is 51.0 Å². The molecule has 0 bridgehead atoms. The van der Waals surface area contributed by atoms with Crippen molar-refractivity contribution >= 4 is 0 Å². The van der Waals surface area contributed by atoms with Crippen LogP contribution in [0.1, 0.15) is 44.9 Å². The third kappa shape index (κ3) is 3.25. The van der Waals surface area contributed by atoms with Crippen LogP contribution < -0.4 is 5.73 Å². The summed E-state index contributed by atoms with van der Waals surface area (Å²) in [6, 6.07) is 0.318. The fourth-order valence-corrected chi connectivity index (χ4v) is 2.39. The van der Waals surface area contributed by atoms with E-state index in [0.29, 0.717) is 6.04 Å². The molecule has 0 aromatic heterocycles. The van der Waals surface area contributed by atoms with Crippen LogP contribution in [0.3, 0.4) is 0 Å². The number of nitrogens with two attached hydrogens (primary N) is 1. The second kappa shape index (κ2) is 5.13. The van der Waals surface area contributed by atoms with Gasteiger partial charge in [-0.15, -0.1) is 0 Å². The molecule has 0 aromatic carbocycles. The smallest absolute Gasteiger partial charge is 0.0620 e. The van der Waals surface area contributed by atoms with Crippen molar-refractivity contribution in [1.82, 2.24) is 0 Å². The fourth-order valence-electron chi connectivity index (χ4n) is 2.39. The minimum Gasteiger partial charge on any atom is -0.380 e. The lowest BCUT2D eigenvalue weighted by Crippen LogP contribution is -2.29. The van der Waals surface area contributed by atoms with Crippen molar-refractivity contribution in [1.29, 1.82) is 0 Å². The highest BCUT2D eigenvalue weighted by molar-refractivity contribution is 4.83. The molecule has 2 rings (SSSR count). The summed E-state index contributed by atoms with van der Waals surface area (Å²) in [5.41, 5.74) is 5.97. The van der Waals surface area contributed by atoms with Gasteiger partial charge in [-0.2, -0.15) is 0 Å². The first-order chi connectivity index (χ1) is 6.86. The first-order valence-corrected chi connectivity index (χ1v) is 6.19. The molecule has 2 aliphatic carbocycles. The number of ether oxygens (including phenoxy) is 1. The summed E-state index contributed by atoms with van der Waals surface area (Å²) in [6.45, 7) is 1.75. The quantitative estimate of drug-likeness (QED) is 0.734. The van der Waals surface area contributed by atoms with E-state index in [9.17, 15) is 0 Å². The van der Waals surface area contributed by atoms with Crippen LogP contribution >= 0.6 is 0 Å². The maximum atomic E-state index is 5.97. The molecular weight excluding hydrogens is 174 g/mol. The summed E-state index contributed by atoms with van der Waals surface area (Å²) in [6.07, 6.45) is 9.64. The molecule has 14 heavy (non-hydrogen) atoms. The van der Waals surface area contributed by atoms with Crippen LogP contribution in [-0.4, -0.2) is 19.3 Å². The molecule has 2 saturated carbocycles. The molecule has 0 spiro atoms. The Bertz CT molecular complexity index is 162. The van der Waals surface area contributed by atoms with E-state index in [4.69, 9.17) is 10.5 Å². The van der Waals surface area contributed by atoms with Gasteiger partial charge in [0.15, 0.2) is 0 Å². The van der Waals surface area contributed by atoms with Gasteiger partial charge in [0.2, 0.25) is 0 Å². The maximum Gasteiger partial charge on any atom is 0.0620 e. The van der Waals surface area contributed by atoms with E-state index < -0.39 is 0 Å². The summed E-state index contributed by atoms with van der Waals surface area (Å²) in [5, 5.41) is 0. The Balaban J connectivity index is 1.52. The standard InChI is InChI=1S/C12H23NO/c13-12(11-6-7-11)9-14-8-10-4-2-1-3-5-10/h10-12H,1-9,13H2. The molecule has 0 radical (unpaired) electrons. The Morgan fingerprint density at radius 2 is 1.79 bits per heavy atom. The first kappa shape index (κ1) is 10.4. The predicted octanol–water partition coefficient (Wildman–Crippen LogP) is 2.32. The summed E-state index contributed by atoms with van der Waals surface area (Å²) >= 11 is 0. The second-order valence-electron chi connectivity index (χ2n) is 5.04. The van der Waals surface area contributed by atoms with Gasteiger partial charge in [-0.3, -0.25) is 0 Å². The highest BCUT2D eigenvalue weighted by Crippen LogP contribution is 2.31. The van der Waals surface area contributed by atoms with E-state index >= 15 is 0 Å². The van der Waals surface area contributed by atoms with Gasteiger partial charge in [-0.1, -0.05) is 19.3 Å². The van der Waals surface area contributed by atoms with Crippen LogP contribution in [0.15, 0.2) is 0 Å². The van der Waals surface area contributed by atoms with E-state index in [1.807, 2.05) is 0 Å². The van der Waals surface area contributed by atoms with Gasteiger partial charge in [0.1, 0.15) is 0 Å². The van der Waals surface area contributed by atoms with E-state index in [0.717, 1.165) is 25.0 Å². The average molecular weight is 197 g/mol. The van der Waals surface area contributed by atoms with Gasteiger partial charge < -0.3 is 10.5 Å². The summed E-state index contributed by atoms with van der Waals surface area (Å²) in [5.74, 6) is 1.61. The predicted molar refractivity (Wildman–Crippen MR) is 58.1 cm³/mol. The first-order valence-electron chi connectivity index (χ1n) is 6.19. The zero-order chi connectivity index (χ0) is 9.80. The van der Waals surface area contributed by atoms with Crippen LogP contribution in [0, 0.1) is 11.8 Å². The van der Waals surface area contributed by atoms with Gasteiger partial charge in [0.25, 0.3) is 0 Å². The molecule has 2 nitrogen and oxygen atoms in total. The maximum absolute atomic E-state index is 5.97. The van der Waals surface area contributed by atoms with Gasteiger partial charge in [-0.05, 0) is 37.5 Å². The fraction of sp³-hybridized carbons (Fsp3) is 1.00. The molecule has 82 valence electrons. The molecule has 0 aromatic rings. The minimum absolute atomic E-state index is 0.318. The molecular formula is C12H23NO. The average Bonchev–Trinajstić information content (AvgIpc) is 3.02. The Morgan fingerprint density at radius 1 is 1.07 bits per heavy atom. The van der Waals surface area contributed by atoms with Crippen LogP contribution in [0.25, 0.3) is 0 Å². The largest absolute Gasteiger partial charge is 0.380 e. The van der Waals surface area contributed by atoms with E-state index in [1.54, 1.807) is 0 Å². The van der Waals surface area contributed by atoms with Gasteiger partial charge in [-0.25, -0.2) is 0 Å². The van der Waals surface area contributed by atoms with Crippen molar-refractivity contribution in [2.75, 3.05) is 13.2 Å². The van der Waals surface area contributed by atoms with E-state index in [1.165, 1.54) is 44.9 Å². The van der Waals surface area contributed by atoms with Crippen molar-refractivity contribution in [3.63, 3.8) is 0 Å². The highest BCUT2D eigenvalue weighted by Gasteiger charge is 2.28. The Hall–Kier alpha value is -0.0800. The zero-order valence-corrected chi connectivity index (χ0v) is 9.08. The van der Waals surface area contributed by atoms with Crippen LogP contribution in [-0.2, 0) is 4.74 Å². The third-order valence-electron chi connectivity index (χ3n) is 3.62. The molecule has 0 aliphatic heterocycles. The highest BCUT2D eigenvalue weighted by atomic mass is 16.5. The third-order valence-corrected chi connectivity index (χ3v) is 3.62. The van der Waals surface area contributed by atoms with Crippen LogP contribution in [0.5, 0.6) is 0 Å². The van der Waals surface area contributed by atoms with E-state index in [2.05, 4.69) is 0 Å². The zero-order valence-electron chi connectivity index (χ0n) is 9.08. The second-order valence-corrected chi connectivity index (χ2v) is 5.04. The molecule has 0 heterocycles. The molecule has 2 aliphatic rings.